The van der Waals surface area contributed by atoms with E-state index in [2.05, 4.69) is 15.0 Å². The molecule has 0 spiro atoms. The maximum absolute atomic E-state index is 12.2. The van der Waals surface area contributed by atoms with Crippen molar-refractivity contribution in [2.75, 3.05) is 0 Å². The van der Waals surface area contributed by atoms with Crippen LogP contribution in [0.5, 0.6) is 0 Å². The summed E-state index contributed by atoms with van der Waals surface area (Å²) in [6, 6.07) is 9.47. The minimum Gasteiger partial charge on any atom is -0.445 e. The monoisotopic (exact) mass is 422 g/mol. The molecule has 6 nitrogen and oxygen atoms in total. The lowest BCUT2D eigenvalue weighted by atomic mass is 9.38. The van der Waals surface area contributed by atoms with E-state index in [0.29, 0.717) is 5.89 Å². The highest BCUT2D eigenvalue weighted by Crippen LogP contribution is 2.68. The quantitative estimate of drug-likeness (QED) is 0.739. The minimum absolute atomic E-state index is 0.135. The minimum atomic E-state index is -4.60. The van der Waals surface area contributed by atoms with Crippen LogP contribution in [0.3, 0.4) is 0 Å². The Morgan fingerprint density at radius 2 is 1.90 bits per heavy atom. The molecule has 0 atom stereocenters. The Balaban J connectivity index is 1.09. The summed E-state index contributed by atoms with van der Waals surface area (Å²) in [6.07, 6.45) is -1.43. The fourth-order valence-corrected chi connectivity index (χ4v) is 4.93. The summed E-state index contributed by atoms with van der Waals surface area (Å²) < 4.78 is 51.9. The summed E-state index contributed by atoms with van der Waals surface area (Å²) in [7, 11) is 0. The number of carbonyl (C=O) groups is 1. The van der Waals surface area contributed by atoms with E-state index in [-0.39, 0.29) is 36.3 Å². The van der Waals surface area contributed by atoms with Crippen molar-refractivity contribution in [3.8, 4) is 0 Å². The van der Waals surface area contributed by atoms with E-state index in [1.54, 1.807) is 6.20 Å². The SMILES string of the molecule is O=C(NC12CC(c3cnc([C@H]4C[C@@H](OC(F)(F)F)C4)o3)(C1)C2)OCc1ccccc1. The van der Waals surface area contributed by atoms with Crippen LogP contribution >= 0.6 is 0 Å². The lowest BCUT2D eigenvalue weighted by Gasteiger charge is -2.69. The highest BCUT2D eigenvalue weighted by atomic mass is 19.4. The number of nitrogens with one attached hydrogen (secondary N) is 1. The van der Waals surface area contributed by atoms with E-state index < -0.39 is 18.6 Å². The van der Waals surface area contributed by atoms with Gasteiger partial charge in [0.05, 0.1) is 12.3 Å². The van der Waals surface area contributed by atoms with Crippen LogP contribution in [-0.2, 0) is 21.5 Å². The van der Waals surface area contributed by atoms with E-state index >= 15 is 0 Å². The van der Waals surface area contributed by atoms with E-state index in [4.69, 9.17) is 9.15 Å². The van der Waals surface area contributed by atoms with Gasteiger partial charge in [0.1, 0.15) is 12.4 Å². The topological polar surface area (TPSA) is 73.6 Å². The van der Waals surface area contributed by atoms with E-state index in [1.165, 1.54) is 0 Å². The zero-order chi connectivity index (χ0) is 21.0. The first-order chi connectivity index (χ1) is 14.2. The summed E-state index contributed by atoms with van der Waals surface area (Å²) >= 11 is 0. The molecule has 1 amide bonds. The number of hydrogen-bond donors (Lipinski definition) is 1. The van der Waals surface area contributed by atoms with Crippen molar-refractivity contribution in [1.29, 1.82) is 0 Å². The summed E-state index contributed by atoms with van der Waals surface area (Å²) in [5.41, 5.74) is 0.529. The zero-order valence-electron chi connectivity index (χ0n) is 16.1. The van der Waals surface area contributed by atoms with Gasteiger partial charge in [-0.15, -0.1) is 13.2 Å². The fraction of sp³-hybridized carbons (Fsp3) is 0.524. The van der Waals surface area contributed by atoms with Crippen LogP contribution in [0.2, 0.25) is 0 Å². The molecule has 2 aromatic rings. The molecule has 2 bridgehead atoms. The van der Waals surface area contributed by atoms with Crippen molar-refractivity contribution in [1.82, 2.24) is 10.3 Å². The maximum Gasteiger partial charge on any atom is 0.522 e. The van der Waals surface area contributed by atoms with Gasteiger partial charge < -0.3 is 14.5 Å². The molecule has 0 unspecified atom stereocenters. The Morgan fingerprint density at radius 3 is 2.57 bits per heavy atom. The van der Waals surface area contributed by atoms with Crippen molar-refractivity contribution < 1.29 is 31.9 Å². The molecular formula is C21H21F3N2O4. The number of alkyl halides is 3. The molecule has 0 radical (unpaired) electrons. The number of rotatable bonds is 6. The third-order valence-corrected chi connectivity index (χ3v) is 6.40. The number of alkyl carbamates (subject to hydrolysis) is 1. The third-order valence-electron chi connectivity index (χ3n) is 6.40. The van der Waals surface area contributed by atoms with Gasteiger partial charge in [-0.2, -0.15) is 0 Å². The molecule has 0 aliphatic heterocycles. The van der Waals surface area contributed by atoms with Crippen molar-refractivity contribution in [3.05, 3.63) is 53.7 Å². The number of ether oxygens (including phenoxy) is 2. The molecule has 4 aliphatic rings. The van der Waals surface area contributed by atoms with Crippen molar-refractivity contribution in [2.45, 2.75) is 68.0 Å². The number of hydrogen-bond acceptors (Lipinski definition) is 5. The predicted octanol–water partition coefficient (Wildman–Crippen LogP) is 4.56. The second-order valence-electron chi connectivity index (χ2n) is 8.69. The van der Waals surface area contributed by atoms with Gasteiger partial charge in [0.25, 0.3) is 0 Å². The predicted molar refractivity (Wildman–Crippen MR) is 97.4 cm³/mol. The number of oxazole rings is 1. The lowest BCUT2D eigenvalue weighted by Crippen LogP contribution is -2.76. The van der Waals surface area contributed by atoms with E-state index in [1.807, 2.05) is 30.3 Å². The molecule has 4 saturated carbocycles. The van der Waals surface area contributed by atoms with Crippen LogP contribution in [0.25, 0.3) is 0 Å². The molecule has 4 fully saturated rings. The summed E-state index contributed by atoms with van der Waals surface area (Å²) in [6.45, 7) is 0.222. The normalized spacial score (nSPS) is 31.8. The van der Waals surface area contributed by atoms with Gasteiger partial charge in [-0.1, -0.05) is 30.3 Å². The number of nitrogens with zero attached hydrogens (tertiary/aromatic N) is 1. The number of carbonyl (C=O) groups excluding carboxylic acids is 1. The molecule has 1 aromatic carbocycles. The van der Waals surface area contributed by atoms with Gasteiger partial charge in [-0.3, -0.25) is 4.74 Å². The zero-order valence-corrected chi connectivity index (χ0v) is 16.1. The first-order valence-corrected chi connectivity index (χ1v) is 9.94. The number of amides is 1. The molecule has 30 heavy (non-hydrogen) atoms. The summed E-state index contributed by atoms with van der Waals surface area (Å²) in [4.78, 5) is 16.4. The van der Waals surface area contributed by atoms with Gasteiger partial charge in [0.2, 0.25) is 0 Å². The molecule has 1 heterocycles. The molecular weight excluding hydrogens is 401 g/mol. The summed E-state index contributed by atoms with van der Waals surface area (Å²) in [5, 5.41) is 2.96. The third kappa shape index (κ3) is 3.55. The molecule has 9 heteroatoms. The molecule has 1 aromatic heterocycles. The number of aromatic nitrogens is 1. The average Bonchev–Trinajstić information content (AvgIpc) is 3.07. The molecule has 160 valence electrons. The first kappa shape index (κ1) is 19.4. The Labute approximate surface area is 170 Å². The standard InChI is InChI=1S/C21H21F3N2O4/c22-21(23,24)30-15-6-14(7-15)17-25-8-16(29-17)19-10-20(11-19,12-19)26-18(27)28-9-13-4-2-1-3-5-13/h1-5,8,14-15H,6-7,9-12H2,(H,26,27)/t14-,15+,19?,20?. The Hall–Kier alpha value is -2.55. The van der Waals surface area contributed by atoms with Crippen LogP contribution in [0.4, 0.5) is 18.0 Å². The van der Waals surface area contributed by atoms with Gasteiger partial charge in [-0.05, 0) is 37.7 Å². The Bertz CT molecular complexity index is 917. The largest absolute Gasteiger partial charge is 0.522 e. The summed E-state index contributed by atoms with van der Waals surface area (Å²) in [5.74, 6) is 1.08. The second kappa shape index (κ2) is 6.73. The van der Waals surface area contributed by atoms with Crippen molar-refractivity contribution in [3.63, 3.8) is 0 Å². The highest BCUT2D eigenvalue weighted by molar-refractivity contribution is 5.70. The second-order valence-corrected chi connectivity index (χ2v) is 8.69. The molecule has 1 N–H and O–H groups in total. The van der Waals surface area contributed by atoms with Crippen molar-refractivity contribution >= 4 is 6.09 Å². The average molecular weight is 422 g/mol. The first-order valence-electron chi connectivity index (χ1n) is 9.94. The van der Waals surface area contributed by atoms with E-state index in [0.717, 1.165) is 30.6 Å². The molecule has 6 rings (SSSR count). The Kier molecular flexibility index (Phi) is 4.36. The number of benzene rings is 1. The fourth-order valence-electron chi connectivity index (χ4n) is 4.93. The van der Waals surface area contributed by atoms with Gasteiger partial charge >= 0.3 is 12.5 Å². The molecule has 0 saturated heterocycles. The smallest absolute Gasteiger partial charge is 0.445 e. The van der Waals surface area contributed by atoms with Crippen LogP contribution < -0.4 is 5.32 Å². The van der Waals surface area contributed by atoms with Gasteiger partial charge in [0, 0.05) is 16.9 Å². The van der Waals surface area contributed by atoms with Crippen molar-refractivity contribution in [2.24, 2.45) is 0 Å². The lowest BCUT2D eigenvalue weighted by molar-refractivity contribution is -0.352. The van der Waals surface area contributed by atoms with Gasteiger partial charge in [0.15, 0.2) is 5.89 Å². The van der Waals surface area contributed by atoms with Crippen LogP contribution in [-0.4, -0.2) is 29.1 Å². The Morgan fingerprint density at radius 1 is 1.20 bits per heavy atom. The maximum atomic E-state index is 12.2. The number of halogens is 3. The molecule has 4 aliphatic carbocycles. The van der Waals surface area contributed by atoms with E-state index in [9.17, 15) is 18.0 Å². The van der Waals surface area contributed by atoms with Crippen LogP contribution in [0, 0.1) is 0 Å². The van der Waals surface area contributed by atoms with Crippen LogP contribution in [0.1, 0.15) is 55.2 Å². The highest BCUT2D eigenvalue weighted by Gasteiger charge is 2.71. The van der Waals surface area contributed by atoms with Crippen LogP contribution in [0.15, 0.2) is 40.9 Å². The van der Waals surface area contributed by atoms with Gasteiger partial charge in [-0.25, -0.2) is 9.78 Å².